The molecule has 0 radical (unpaired) electrons. The molecule has 1 saturated carbocycles. The van der Waals surface area contributed by atoms with E-state index >= 15 is 0 Å². The number of nitrogens with one attached hydrogen (secondary N) is 1. The van der Waals surface area contributed by atoms with E-state index in [4.69, 9.17) is 25.2 Å². The first-order valence-electron chi connectivity index (χ1n) is 7.76. The summed E-state index contributed by atoms with van der Waals surface area (Å²) in [6.45, 7) is 0. The third-order valence-electron chi connectivity index (χ3n) is 3.83. The van der Waals surface area contributed by atoms with Gasteiger partial charge in [0, 0.05) is 10.9 Å². The number of furan rings is 1. The Morgan fingerprint density at radius 2 is 2.00 bits per heavy atom. The van der Waals surface area contributed by atoms with Crippen LogP contribution in [-0.2, 0) is 10.0 Å². The van der Waals surface area contributed by atoms with Crippen LogP contribution in [-0.4, -0.2) is 25.7 Å². The van der Waals surface area contributed by atoms with Crippen molar-refractivity contribution in [3.63, 3.8) is 0 Å². The summed E-state index contributed by atoms with van der Waals surface area (Å²) in [5.41, 5.74) is 0.201. The highest BCUT2D eigenvalue weighted by atomic mass is 35.5. The molecule has 0 unspecified atom stereocenters. The van der Waals surface area contributed by atoms with E-state index in [2.05, 4.69) is 14.9 Å². The molecule has 1 aromatic carbocycles. The Kier molecular flexibility index (Phi) is 4.12. The highest BCUT2D eigenvalue weighted by Gasteiger charge is 2.30. The van der Waals surface area contributed by atoms with Crippen LogP contribution in [0.15, 0.2) is 44.3 Å². The van der Waals surface area contributed by atoms with E-state index in [1.54, 1.807) is 12.1 Å². The predicted octanol–water partition coefficient (Wildman–Crippen LogP) is 3.67. The maximum Gasteiger partial charge on any atom is 0.295 e. The lowest BCUT2D eigenvalue weighted by molar-refractivity contribution is 0.416. The molecular weight excluding hydrogens is 382 g/mol. The van der Waals surface area contributed by atoms with Crippen LogP contribution >= 0.6 is 11.6 Å². The Hall–Kier alpha value is -2.52. The van der Waals surface area contributed by atoms with Gasteiger partial charge in [-0.15, -0.1) is 10.2 Å². The van der Waals surface area contributed by atoms with Crippen molar-refractivity contribution in [2.45, 2.75) is 23.9 Å². The van der Waals surface area contributed by atoms with Crippen molar-refractivity contribution >= 4 is 27.3 Å². The Labute approximate surface area is 154 Å². The zero-order valence-corrected chi connectivity index (χ0v) is 15.2. The number of ether oxygens (including phenoxy) is 1. The molecule has 1 aliphatic rings. The Morgan fingerprint density at radius 1 is 1.19 bits per heavy atom. The van der Waals surface area contributed by atoms with E-state index in [0.717, 1.165) is 12.8 Å². The van der Waals surface area contributed by atoms with Crippen molar-refractivity contribution in [3.05, 3.63) is 41.2 Å². The molecule has 1 N–H and O–H groups in total. The number of halogens is 1. The summed E-state index contributed by atoms with van der Waals surface area (Å²) in [4.78, 5) is 0. The molecule has 0 atom stereocenters. The topological polar surface area (TPSA) is 107 Å². The number of rotatable bonds is 6. The monoisotopic (exact) mass is 395 g/mol. The van der Waals surface area contributed by atoms with Gasteiger partial charge in [-0.05, 0) is 43.2 Å². The SMILES string of the molecule is COc1ccc(Cl)cc1NS(=O)(=O)c1ccc(-c2nnc(C3CC3)o2)o1. The fraction of sp³-hybridized carbons (Fsp3) is 0.250. The first-order chi connectivity index (χ1) is 12.5. The number of hydrogen-bond donors (Lipinski definition) is 1. The van der Waals surface area contributed by atoms with Crippen LogP contribution < -0.4 is 9.46 Å². The quantitative estimate of drug-likeness (QED) is 0.678. The van der Waals surface area contributed by atoms with E-state index in [9.17, 15) is 8.42 Å². The van der Waals surface area contributed by atoms with E-state index in [-0.39, 0.29) is 22.4 Å². The molecule has 0 bridgehead atoms. The number of sulfonamides is 1. The minimum atomic E-state index is -3.99. The lowest BCUT2D eigenvalue weighted by Gasteiger charge is -2.10. The summed E-state index contributed by atoms with van der Waals surface area (Å²) in [5, 5.41) is 7.93. The van der Waals surface area contributed by atoms with Crippen molar-refractivity contribution in [2.24, 2.45) is 0 Å². The Bertz CT molecular complexity index is 1060. The van der Waals surface area contributed by atoms with Crippen LogP contribution in [0, 0.1) is 0 Å². The Balaban J connectivity index is 1.60. The number of hydrogen-bond acceptors (Lipinski definition) is 7. The molecule has 2 aromatic heterocycles. The van der Waals surface area contributed by atoms with E-state index < -0.39 is 10.0 Å². The summed E-state index contributed by atoms with van der Waals surface area (Å²) < 4.78 is 43.6. The molecule has 26 heavy (non-hydrogen) atoms. The van der Waals surface area contributed by atoms with Gasteiger partial charge >= 0.3 is 0 Å². The van der Waals surface area contributed by atoms with Crippen LogP contribution in [0.4, 0.5) is 5.69 Å². The fourth-order valence-electron chi connectivity index (χ4n) is 2.36. The van der Waals surface area contributed by atoms with Crippen LogP contribution in [0.3, 0.4) is 0 Å². The second-order valence-corrected chi connectivity index (χ2v) is 7.84. The molecule has 1 fully saturated rings. The molecule has 0 aliphatic heterocycles. The second-order valence-electron chi connectivity index (χ2n) is 5.79. The van der Waals surface area contributed by atoms with Crippen molar-refractivity contribution < 1.29 is 22.0 Å². The summed E-state index contributed by atoms with van der Waals surface area (Å²) in [7, 11) is -2.56. The van der Waals surface area contributed by atoms with Gasteiger partial charge in [-0.1, -0.05) is 11.6 Å². The molecule has 8 nitrogen and oxygen atoms in total. The average Bonchev–Trinajstić information content (AvgIpc) is 3.12. The van der Waals surface area contributed by atoms with Gasteiger partial charge in [-0.2, -0.15) is 8.42 Å². The van der Waals surface area contributed by atoms with Crippen LogP contribution in [0.25, 0.3) is 11.7 Å². The van der Waals surface area contributed by atoms with Gasteiger partial charge < -0.3 is 13.6 Å². The fourth-order valence-corrected chi connectivity index (χ4v) is 3.53. The standard InChI is InChI=1S/C16H14ClN3O5S/c1-23-12-5-4-10(17)8-11(12)20-26(21,22)14-7-6-13(24-14)16-19-18-15(25-16)9-2-3-9/h4-9,20H,2-3H2,1H3. The van der Waals surface area contributed by atoms with E-state index in [0.29, 0.717) is 22.6 Å². The number of methoxy groups -OCH3 is 1. The number of benzene rings is 1. The number of aromatic nitrogens is 2. The molecule has 0 saturated heterocycles. The first-order valence-corrected chi connectivity index (χ1v) is 9.62. The van der Waals surface area contributed by atoms with Gasteiger partial charge in [0.1, 0.15) is 5.75 Å². The van der Waals surface area contributed by atoms with Crippen LogP contribution in [0.2, 0.25) is 5.02 Å². The molecular formula is C16H14ClN3O5S. The van der Waals surface area contributed by atoms with Crippen molar-refractivity contribution in [2.75, 3.05) is 11.8 Å². The normalized spacial score (nSPS) is 14.4. The minimum Gasteiger partial charge on any atom is -0.495 e. The molecule has 0 spiro atoms. The molecule has 2 heterocycles. The van der Waals surface area contributed by atoms with Crippen LogP contribution in [0.5, 0.6) is 5.75 Å². The van der Waals surface area contributed by atoms with E-state index in [1.807, 2.05) is 0 Å². The maximum atomic E-state index is 12.6. The zero-order valence-electron chi connectivity index (χ0n) is 13.6. The van der Waals surface area contributed by atoms with Gasteiger partial charge in [0.25, 0.3) is 15.9 Å². The third kappa shape index (κ3) is 3.27. The Morgan fingerprint density at radius 3 is 2.73 bits per heavy atom. The summed E-state index contributed by atoms with van der Waals surface area (Å²) in [6, 6.07) is 7.38. The van der Waals surface area contributed by atoms with Crippen molar-refractivity contribution in [1.29, 1.82) is 0 Å². The van der Waals surface area contributed by atoms with E-state index in [1.165, 1.54) is 25.3 Å². The molecule has 0 amide bonds. The van der Waals surface area contributed by atoms with Gasteiger partial charge in [-0.25, -0.2) is 0 Å². The largest absolute Gasteiger partial charge is 0.495 e. The second kappa shape index (κ2) is 6.33. The number of anilines is 1. The highest BCUT2D eigenvalue weighted by molar-refractivity contribution is 7.92. The lowest BCUT2D eigenvalue weighted by Crippen LogP contribution is -2.12. The van der Waals surface area contributed by atoms with Gasteiger partial charge in [0.15, 0.2) is 5.76 Å². The summed E-state index contributed by atoms with van der Waals surface area (Å²) in [6.07, 6.45) is 2.04. The van der Waals surface area contributed by atoms with Gasteiger partial charge in [0.05, 0.1) is 12.8 Å². The molecule has 3 aromatic rings. The van der Waals surface area contributed by atoms with Gasteiger partial charge in [-0.3, -0.25) is 4.72 Å². The van der Waals surface area contributed by atoms with Crippen molar-refractivity contribution in [3.8, 4) is 17.4 Å². The average molecular weight is 396 g/mol. The third-order valence-corrected chi connectivity index (χ3v) is 5.30. The summed E-state index contributed by atoms with van der Waals surface area (Å²) in [5.74, 6) is 1.50. The number of nitrogens with zero attached hydrogens (tertiary/aromatic N) is 2. The summed E-state index contributed by atoms with van der Waals surface area (Å²) >= 11 is 5.92. The first kappa shape index (κ1) is 16.9. The minimum absolute atomic E-state index is 0.147. The smallest absolute Gasteiger partial charge is 0.295 e. The van der Waals surface area contributed by atoms with Gasteiger partial charge in [0.2, 0.25) is 11.0 Å². The molecule has 4 rings (SSSR count). The lowest BCUT2D eigenvalue weighted by atomic mass is 10.3. The van der Waals surface area contributed by atoms with Crippen LogP contribution in [0.1, 0.15) is 24.7 Å². The molecule has 136 valence electrons. The zero-order chi connectivity index (χ0) is 18.3. The molecule has 1 aliphatic carbocycles. The maximum absolute atomic E-state index is 12.6. The van der Waals surface area contributed by atoms with Crippen molar-refractivity contribution in [1.82, 2.24) is 10.2 Å². The molecule has 10 heteroatoms. The predicted molar refractivity (Wildman–Crippen MR) is 92.8 cm³/mol. The highest BCUT2D eigenvalue weighted by Crippen LogP contribution is 2.40.